The van der Waals surface area contributed by atoms with Crippen LogP contribution in [0.3, 0.4) is 0 Å². The highest BCUT2D eigenvalue weighted by Crippen LogP contribution is 2.29. The molecule has 0 aromatic carbocycles. The van der Waals surface area contributed by atoms with Gasteiger partial charge in [-0.1, -0.05) is 6.07 Å². The summed E-state index contributed by atoms with van der Waals surface area (Å²) in [5.74, 6) is 0.668. The van der Waals surface area contributed by atoms with Crippen LogP contribution >= 0.6 is 0 Å². The number of aromatic nitrogens is 1. The molecule has 1 aliphatic heterocycles. The Balaban J connectivity index is 1.92. The van der Waals surface area contributed by atoms with E-state index in [0.717, 1.165) is 26.1 Å². The van der Waals surface area contributed by atoms with Crippen LogP contribution in [0.1, 0.15) is 12.8 Å². The zero-order valence-electron chi connectivity index (χ0n) is 9.39. The predicted molar refractivity (Wildman–Crippen MR) is 61.3 cm³/mol. The molecule has 16 heavy (non-hydrogen) atoms. The summed E-state index contributed by atoms with van der Waals surface area (Å²) in [6.07, 6.45) is 3.67. The summed E-state index contributed by atoms with van der Waals surface area (Å²) in [6, 6.07) is 5.66. The van der Waals surface area contributed by atoms with Gasteiger partial charge in [0.05, 0.1) is 6.61 Å². The Labute approximate surface area is 95.8 Å². The van der Waals surface area contributed by atoms with Crippen LogP contribution in [0.2, 0.25) is 0 Å². The van der Waals surface area contributed by atoms with Crippen molar-refractivity contribution >= 4 is 0 Å². The summed E-state index contributed by atoms with van der Waals surface area (Å²) >= 11 is 0. The molecule has 1 aliphatic rings. The highest BCUT2D eigenvalue weighted by atomic mass is 16.5. The summed E-state index contributed by atoms with van der Waals surface area (Å²) in [5.41, 5.74) is 5.91. The third-order valence-electron chi connectivity index (χ3n) is 3.15. The molecule has 1 fully saturated rings. The van der Waals surface area contributed by atoms with Gasteiger partial charge in [0.15, 0.2) is 0 Å². The van der Waals surface area contributed by atoms with Crippen LogP contribution < -0.4 is 10.5 Å². The molecular formula is C12H18N2O2. The molecule has 0 aliphatic carbocycles. The Morgan fingerprint density at radius 2 is 2.19 bits per heavy atom. The van der Waals surface area contributed by atoms with E-state index in [1.807, 2.05) is 18.2 Å². The minimum Gasteiger partial charge on any atom is -0.477 e. The van der Waals surface area contributed by atoms with E-state index < -0.39 is 0 Å². The van der Waals surface area contributed by atoms with E-state index >= 15 is 0 Å². The Hall–Kier alpha value is -1.13. The summed E-state index contributed by atoms with van der Waals surface area (Å²) < 4.78 is 11.0. The highest BCUT2D eigenvalue weighted by Gasteiger charge is 2.32. The van der Waals surface area contributed by atoms with Gasteiger partial charge in [0.1, 0.15) is 0 Å². The van der Waals surface area contributed by atoms with Crippen LogP contribution in [0.15, 0.2) is 24.4 Å². The molecule has 0 radical (unpaired) electrons. The highest BCUT2D eigenvalue weighted by molar-refractivity contribution is 5.09. The second-order valence-corrected chi connectivity index (χ2v) is 4.27. The van der Waals surface area contributed by atoms with Gasteiger partial charge in [-0.15, -0.1) is 0 Å². The number of hydrogen-bond donors (Lipinski definition) is 1. The minimum absolute atomic E-state index is 0.0652. The molecule has 1 aromatic heterocycles. The molecule has 4 heteroatoms. The zero-order chi connectivity index (χ0) is 11.3. The maximum absolute atomic E-state index is 5.85. The standard InChI is InChI=1S/C12H18N2O2/c13-9-12(4-7-15-8-5-12)10-16-11-3-1-2-6-14-11/h1-3,6H,4-5,7-10,13H2. The van der Waals surface area contributed by atoms with E-state index in [-0.39, 0.29) is 5.41 Å². The molecule has 0 unspecified atom stereocenters. The molecule has 0 bridgehead atoms. The van der Waals surface area contributed by atoms with Crippen molar-refractivity contribution in [3.8, 4) is 5.88 Å². The first-order valence-electron chi connectivity index (χ1n) is 5.66. The molecule has 1 aromatic rings. The number of ether oxygens (including phenoxy) is 2. The quantitative estimate of drug-likeness (QED) is 0.832. The van der Waals surface area contributed by atoms with Gasteiger partial charge >= 0.3 is 0 Å². The fourth-order valence-corrected chi connectivity index (χ4v) is 1.87. The lowest BCUT2D eigenvalue weighted by Crippen LogP contribution is -2.41. The third kappa shape index (κ3) is 2.71. The first kappa shape index (κ1) is 11.4. The lowest BCUT2D eigenvalue weighted by molar-refractivity contribution is -0.00581. The van der Waals surface area contributed by atoms with Gasteiger partial charge in [0, 0.05) is 37.4 Å². The number of nitrogens with zero attached hydrogens (tertiary/aromatic N) is 1. The smallest absolute Gasteiger partial charge is 0.213 e. The van der Waals surface area contributed by atoms with Crippen molar-refractivity contribution in [3.63, 3.8) is 0 Å². The lowest BCUT2D eigenvalue weighted by atomic mass is 9.81. The van der Waals surface area contributed by atoms with Gasteiger partial charge in [-0.2, -0.15) is 0 Å². The van der Waals surface area contributed by atoms with Gasteiger partial charge in [-0.05, 0) is 18.9 Å². The molecule has 1 saturated heterocycles. The Kier molecular flexibility index (Phi) is 3.74. The SMILES string of the molecule is NCC1(COc2ccccn2)CCOCC1. The molecule has 4 nitrogen and oxygen atoms in total. The normalized spacial score (nSPS) is 19.3. The largest absolute Gasteiger partial charge is 0.477 e. The van der Waals surface area contributed by atoms with Crippen molar-refractivity contribution in [1.82, 2.24) is 4.98 Å². The summed E-state index contributed by atoms with van der Waals surface area (Å²) in [6.45, 7) is 2.83. The molecule has 0 spiro atoms. The van der Waals surface area contributed by atoms with Crippen LogP contribution in [-0.4, -0.2) is 31.3 Å². The second kappa shape index (κ2) is 5.27. The number of pyridine rings is 1. The van der Waals surface area contributed by atoms with Crippen molar-refractivity contribution in [2.24, 2.45) is 11.1 Å². The molecule has 0 atom stereocenters. The maximum atomic E-state index is 5.85. The topological polar surface area (TPSA) is 57.4 Å². The zero-order valence-corrected chi connectivity index (χ0v) is 9.39. The van der Waals surface area contributed by atoms with Crippen molar-refractivity contribution in [3.05, 3.63) is 24.4 Å². The summed E-state index contributed by atoms with van der Waals surface area (Å²) in [5, 5.41) is 0. The van der Waals surface area contributed by atoms with E-state index in [0.29, 0.717) is 19.0 Å². The van der Waals surface area contributed by atoms with Gasteiger partial charge in [0.2, 0.25) is 5.88 Å². The lowest BCUT2D eigenvalue weighted by Gasteiger charge is -2.35. The fraction of sp³-hybridized carbons (Fsp3) is 0.583. The molecule has 88 valence electrons. The average Bonchev–Trinajstić information content (AvgIpc) is 2.39. The fourth-order valence-electron chi connectivity index (χ4n) is 1.87. The molecule has 2 N–H and O–H groups in total. The molecule has 0 amide bonds. The van der Waals surface area contributed by atoms with E-state index in [1.165, 1.54) is 0 Å². The maximum Gasteiger partial charge on any atom is 0.213 e. The molecule has 2 heterocycles. The van der Waals surface area contributed by atoms with E-state index in [9.17, 15) is 0 Å². The van der Waals surface area contributed by atoms with Crippen LogP contribution in [0.4, 0.5) is 0 Å². The van der Waals surface area contributed by atoms with Crippen molar-refractivity contribution in [2.75, 3.05) is 26.4 Å². The monoisotopic (exact) mass is 222 g/mol. The van der Waals surface area contributed by atoms with Crippen LogP contribution in [0.25, 0.3) is 0 Å². The second-order valence-electron chi connectivity index (χ2n) is 4.27. The Morgan fingerprint density at radius 1 is 1.38 bits per heavy atom. The van der Waals surface area contributed by atoms with Crippen LogP contribution in [-0.2, 0) is 4.74 Å². The number of rotatable bonds is 4. The van der Waals surface area contributed by atoms with Gasteiger partial charge in [-0.25, -0.2) is 4.98 Å². The molecule has 0 saturated carbocycles. The number of nitrogens with two attached hydrogens (primary N) is 1. The number of hydrogen-bond acceptors (Lipinski definition) is 4. The van der Waals surface area contributed by atoms with Crippen LogP contribution in [0.5, 0.6) is 5.88 Å². The Bertz CT molecular complexity index is 310. The molecule has 2 rings (SSSR count). The Morgan fingerprint density at radius 3 is 2.81 bits per heavy atom. The van der Waals surface area contributed by atoms with Crippen LogP contribution in [0, 0.1) is 5.41 Å². The van der Waals surface area contributed by atoms with Gasteiger partial charge in [-0.3, -0.25) is 0 Å². The van der Waals surface area contributed by atoms with Crippen molar-refractivity contribution in [2.45, 2.75) is 12.8 Å². The summed E-state index contributed by atoms with van der Waals surface area (Å²) in [4.78, 5) is 4.13. The first-order valence-corrected chi connectivity index (χ1v) is 5.66. The van der Waals surface area contributed by atoms with E-state index in [1.54, 1.807) is 6.20 Å². The minimum atomic E-state index is 0.0652. The summed E-state index contributed by atoms with van der Waals surface area (Å²) in [7, 11) is 0. The van der Waals surface area contributed by atoms with E-state index in [4.69, 9.17) is 15.2 Å². The van der Waals surface area contributed by atoms with Gasteiger partial charge < -0.3 is 15.2 Å². The third-order valence-corrected chi connectivity index (χ3v) is 3.15. The van der Waals surface area contributed by atoms with E-state index in [2.05, 4.69) is 4.98 Å². The van der Waals surface area contributed by atoms with Gasteiger partial charge in [0.25, 0.3) is 0 Å². The average molecular weight is 222 g/mol. The first-order chi connectivity index (χ1) is 7.85. The molecular weight excluding hydrogens is 204 g/mol. The van der Waals surface area contributed by atoms with Crippen molar-refractivity contribution < 1.29 is 9.47 Å². The van der Waals surface area contributed by atoms with Crippen molar-refractivity contribution in [1.29, 1.82) is 0 Å². The predicted octanol–water partition coefficient (Wildman–Crippen LogP) is 1.22.